The van der Waals surface area contributed by atoms with E-state index in [1.165, 1.54) is 0 Å². The van der Waals surface area contributed by atoms with Crippen LogP contribution in [-0.2, 0) is 11.8 Å². The van der Waals surface area contributed by atoms with Crippen LogP contribution in [0.25, 0.3) is 22.3 Å². The van der Waals surface area contributed by atoms with Crippen molar-refractivity contribution in [3.05, 3.63) is 42.7 Å². The molecule has 0 radical (unpaired) electrons. The molecule has 6 heteroatoms. The van der Waals surface area contributed by atoms with E-state index in [1.54, 1.807) is 6.33 Å². The highest BCUT2D eigenvalue weighted by Gasteiger charge is 2.29. The summed E-state index contributed by atoms with van der Waals surface area (Å²) in [6.07, 6.45) is 2.14. The number of ether oxygens (including phenoxy) is 1. The van der Waals surface area contributed by atoms with Gasteiger partial charge in [0.15, 0.2) is 0 Å². The summed E-state index contributed by atoms with van der Waals surface area (Å²) in [5.41, 5.74) is 3.56. The molecule has 6 nitrogen and oxygen atoms in total. The van der Waals surface area contributed by atoms with Crippen molar-refractivity contribution in [1.29, 1.82) is 0 Å². The van der Waals surface area contributed by atoms with Crippen LogP contribution >= 0.6 is 0 Å². The first-order valence-corrected chi connectivity index (χ1v) is 8.42. The summed E-state index contributed by atoms with van der Waals surface area (Å²) in [6, 6.07) is 12.0. The van der Waals surface area contributed by atoms with Gasteiger partial charge in [-0.05, 0) is 13.0 Å². The molecule has 1 aliphatic rings. The SMILES string of the molecule is CC(Oc1nc(-c2ccccc2)cc2ncn(C)c12)[C@H]1CNC(=O)C1. The summed E-state index contributed by atoms with van der Waals surface area (Å²) in [5.74, 6) is 0.790. The highest BCUT2D eigenvalue weighted by Crippen LogP contribution is 2.30. The summed E-state index contributed by atoms with van der Waals surface area (Å²) >= 11 is 0. The summed E-state index contributed by atoms with van der Waals surface area (Å²) in [4.78, 5) is 20.7. The Morgan fingerprint density at radius 2 is 2.12 bits per heavy atom. The number of nitrogens with zero attached hydrogens (tertiary/aromatic N) is 3. The number of aryl methyl sites for hydroxylation is 1. The molecule has 1 aliphatic heterocycles. The van der Waals surface area contributed by atoms with E-state index in [9.17, 15) is 4.79 Å². The molecule has 3 heterocycles. The fourth-order valence-corrected chi connectivity index (χ4v) is 3.21. The van der Waals surface area contributed by atoms with Gasteiger partial charge in [0.05, 0.1) is 17.5 Å². The third kappa shape index (κ3) is 2.95. The van der Waals surface area contributed by atoms with Crippen LogP contribution in [0.2, 0.25) is 0 Å². The number of benzene rings is 1. The molecule has 4 rings (SSSR count). The second-order valence-corrected chi connectivity index (χ2v) is 6.49. The minimum atomic E-state index is -0.115. The summed E-state index contributed by atoms with van der Waals surface area (Å²) in [7, 11) is 1.93. The average molecular weight is 336 g/mol. The number of carbonyl (C=O) groups excluding carboxylic acids is 1. The third-order valence-corrected chi connectivity index (χ3v) is 4.70. The van der Waals surface area contributed by atoms with Crippen molar-refractivity contribution in [3.63, 3.8) is 0 Å². The molecule has 2 atom stereocenters. The molecule has 2 aromatic heterocycles. The molecule has 1 unspecified atom stereocenters. The Bertz CT molecular complexity index is 920. The van der Waals surface area contributed by atoms with Gasteiger partial charge in [0.25, 0.3) is 0 Å². The van der Waals surface area contributed by atoms with E-state index in [1.807, 2.05) is 54.9 Å². The standard InChI is InChI=1S/C19H20N4O2/c1-12(14-8-17(24)20-10-14)25-19-18-16(21-11-23(18)2)9-15(22-19)13-6-4-3-5-7-13/h3-7,9,11-12,14H,8,10H2,1-2H3,(H,20,24)/t12?,14-/m1/s1. The van der Waals surface area contributed by atoms with Crippen LogP contribution in [0.15, 0.2) is 42.7 Å². The fraction of sp³-hybridized carbons (Fsp3) is 0.316. The van der Waals surface area contributed by atoms with Crippen LogP contribution in [0.4, 0.5) is 0 Å². The number of aromatic nitrogens is 3. The van der Waals surface area contributed by atoms with Crippen molar-refractivity contribution in [3.8, 4) is 17.1 Å². The largest absolute Gasteiger partial charge is 0.473 e. The number of pyridine rings is 1. The molecular weight excluding hydrogens is 316 g/mol. The maximum atomic E-state index is 11.5. The number of hydrogen-bond acceptors (Lipinski definition) is 4. The van der Waals surface area contributed by atoms with Crippen LogP contribution in [0, 0.1) is 5.92 Å². The van der Waals surface area contributed by atoms with Gasteiger partial charge >= 0.3 is 0 Å². The molecule has 25 heavy (non-hydrogen) atoms. The van der Waals surface area contributed by atoms with E-state index < -0.39 is 0 Å². The number of rotatable bonds is 4. The number of amides is 1. The smallest absolute Gasteiger partial charge is 0.241 e. The number of fused-ring (bicyclic) bond motifs is 1. The lowest BCUT2D eigenvalue weighted by molar-refractivity contribution is -0.119. The molecule has 1 N–H and O–H groups in total. The number of imidazole rings is 1. The van der Waals surface area contributed by atoms with E-state index in [4.69, 9.17) is 9.72 Å². The minimum absolute atomic E-state index is 0.0807. The summed E-state index contributed by atoms with van der Waals surface area (Å²) in [6.45, 7) is 2.64. The van der Waals surface area contributed by atoms with Gasteiger partial charge in [0.2, 0.25) is 11.8 Å². The Morgan fingerprint density at radius 1 is 1.32 bits per heavy atom. The van der Waals surface area contributed by atoms with Gasteiger partial charge in [-0.25, -0.2) is 9.97 Å². The normalized spacial score (nSPS) is 18.3. The maximum absolute atomic E-state index is 11.5. The van der Waals surface area contributed by atoms with Gasteiger partial charge in [0, 0.05) is 31.5 Å². The Balaban J connectivity index is 1.73. The molecule has 1 amide bonds. The van der Waals surface area contributed by atoms with E-state index in [0.29, 0.717) is 18.8 Å². The molecule has 1 aromatic carbocycles. The Labute approximate surface area is 145 Å². The van der Waals surface area contributed by atoms with Crippen molar-refractivity contribution in [2.24, 2.45) is 13.0 Å². The van der Waals surface area contributed by atoms with Crippen molar-refractivity contribution < 1.29 is 9.53 Å². The predicted molar refractivity (Wildman–Crippen MR) is 95.2 cm³/mol. The van der Waals surface area contributed by atoms with Crippen molar-refractivity contribution in [1.82, 2.24) is 19.9 Å². The zero-order chi connectivity index (χ0) is 17.4. The third-order valence-electron chi connectivity index (χ3n) is 4.70. The van der Waals surface area contributed by atoms with E-state index >= 15 is 0 Å². The van der Waals surface area contributed by atoms with Crippen LogP contribution in [0.3, 0.4) is 0 Å². The topological polar surface area (TPSA) is 69.0 Å². The van der Waals surface area contributed by atoms with Crippen LogP contribution in [0.1, 0.15) is 13.3 Å². The second kappa shape index (κ2) is 6.20. The van der Waals surface area contributed by atoms with Crippen molar-refractivity contribution in [2.75, 3.05) is 6.54 Å². The molecule has 0 saturated carbocycles. The number of carbonyl (C=O) groups is 1. The average Bonchev–Trinajstić information content (AvgIpc) is 3.22. The fourth-order valence-electron chi connectivity index (χ4n) is 3.21. The van der Waals surface area contributed by atoms with Crippen molar-refractivity contribution >= 4 is 16.9 Å². The molecule has 0 aliphatic carbocycles. The molecule has 0 bridgehead atoms. The van der Waals surface area contributed by atoms with Gasteiger partial charge in [0.1, 0.15) is 11.6 Å². The first-order valence-electron chi connectivity index (χ1n) is 8.42. The van der Waals surface area contributed by atoms with Crippen LogP contribution < -0.4 is 10.1 Å². The second-order valence-electron chi connectivity index (χ2n) is 6.49. The zero-order valence-electron chi connectivity index (χ0n) is 14.3. The molecule has 1 saturated heterocycles. The molecule has 0 spiro atoms. The Kier molecular flexibility index (Phi) is 3.87. The van der Waals surface area contributed by atoms with Crippen LogP contribution in [0.5, 0.6) is 5.88 Å². The first kappa shape index (κ1) is 15.6. The molecular formula is C19H20N4O2. The Morgan fingerprint density at radius 3 is 2.84 bits per heavy atom. The lowest BCUT2D eigenvalue weighted by Gasteiger charge is -2.20. The zero-order valence-corrected chi connectivity index (χ0v) is 14.3. The number of nitrogens with one attached hydrogen (secondary N) is 1. The molecule has 1 fully saturated rings. The number of hydrogen-bond donors (Lipinski definition) is 1. The van der Waals surface area contributed by atoms with Gasteiger partial charge < -0.3 is 14.6 Å². The van der Waals surface area contributed by atoms with Crippen molar-refractivity contribution in [2.45, 2.75) is 19.4 Å². The summed E-state index contributed by atoms with van der Waals surface area (Å²) < 4.78 is 8.11. The summed E-state index contributed by atoms with van der Waals surface area (Å²) in [5, 5.41) is 2.86. The Hall–Kier alpha value is -2.89. The van der Waals surface area contributed by atoms with Gasteiger partial charge in [-0.15, -0.1) is 0 Å². The maximum Gasteiger partial charge on any atom is 0.241 e. The van der Waals surface area contributed by atoms with Gasteiger partial charge in [-0.3, -0.25) is 4.79 Å². The van der Waals surface area contributed by atoms with E-state index in [2.05, 4.69) is 10.3 Å². The first-order chi connectivity index (χ1) is 12.1. The highest BCUT2D eigenvalue weighted by molar-refractivity contribution is 5.84. The van der Waals surface area contributed by atoms with Gasteiger partial charge in [-0.1, -0.05) is 30.3 Å². The quantitative estimate of drug-likeness (QED) is 0.795. The van der Waals surface area contributed by atoms with Gasteiger partial charge in [-0.2, -0.15) is 0 Å². The van der Waals surface area contributed by atoms with Crippen LogP contribution in [-0.4, -0.2) is 33.1 Å². The monoisotopic (exact) mass is 336 g/mol. The lowest BCUT2D eigenvalue weighted by atomic mass is 10.0. The van der Waals surface area contributed by atoms with E-state index in [-0.39, 0.29) is 17.9 Å². The molecule has 3 aromatic rings. The molecule has 128 valence electrons. The van der Waals surface area contributed by atoms with E-state index in [0.717, 1.165) is 22.3 Å². The minimum Gasteiger partial charge on any atom is -0.473 e. The predicted octanol–water partition coefficient (Wildman–Crippen LogP) is 2.54. The lowest BCUT2D eigenvalue weighted by Crippen LogP contribution is -2.26. The highest BCUT2D eigenvalue weighted by atomic mass is 16.5.